The van der Waals surface area contributed by atoms with Crippen LogP contribution in [0, 0.1) is 24.1 Å². The molecule has 61 valence electrons. The number of hydrogen-bond donors (Lipinski definition) is 0. The van der Waals surface area contributed by atoms with Gasteiger partial charge < -0.3 is 0 Å². The summed E-state index contributed by atoms with van der Waals surface area (Å²) in [6.45, 7) is 1.76. The van der Waals surface area contributed by atoms with Crippen molar-refractivity contribution in [2.45, 2.75) is 13.3 Å². The van der Waals surface area contributed by atoms with Crippen molar-refractivity contribution in [1.82, 2.24) is 0 Å². The Balaban J connectivity index is 2.61. The fourth-order valence-corrected chi connectivity index (χ4v) is 0.927. The largest absolute Gasteiger partial charge is 0.207 e. The maximum absolute atomic E-state index is 12.9. The van der Waals surface area contributed by atoms with Crippen LogP contribution in [-0.4, -0.2) is 0 Å². The van der Waals surface area contributed by atoms with E-state index >= 15 is 0 Å². The minimum atomic E-state index is -0.161. The van der Waals surface area contributed by atoms with E-state index in [-0.39, 0.29) is 5.82 Å². The zero-order valence-corrected chi connectivity index (χ0v) is 6.97. The maximum Gasteiger partial charge on any atom is 0.126 e. The van der Waals surface area contributed by atoms with Crippen LogP contribution in [0.15, 0.2) is 24.3 Å². The van der Waals surface area contributed by atoms with Crippen molar-refractivity contribution in [3.63, 3.8) is 0 Å². The van der Waals surface area contributed by atoms with E-state index in [9.17, 15) is 4.39 Å². The van der Waals surface area contributed by atoms with Crippen LogP contribution in [0.1, 0.15) is 12.5 Å². The first-order valence-corrected chi connectivity index (χ1v) is 3.82. The molecular formula is C11H10F. The summed E-state index contributed by atoms with van der Waals surface area (Å²) in [5.41, 5.74) is 0.695. The lowest BCUT2D eigenvalue weighted by Gasteiger charge is -1.97. The second-order valence-corrected chi connectivity index (χ2v) is 2.39. The van der Waals surface area contributed by atoms with E-state index in [0.717, 1.165) is 0 Å². The molecule has 0 nitrogen and oxygen atoms in total. The fraction of sp³-hybridized carbons (Fsp3) is 0.182. The zero-order chi connectivity index (χ0) is 8.81. The van der Waals surface area contributed by atoms with Gasteiger partial charge in [-0.25, -0.2) is 4.39 Å². The van der Waals surface area contributed by atoms with Gasteiger partial charge in [0.25, 0.3) is 0 Å². The van der Waals surface area contributed by atoms with Crippen molar-refractivity contribution >= 4 is 0 Å². The van der Waals surface area contributed by atoms with E-state index < -0.39 is 0 Å². The Bertz CT molecular complexity index is 304. The third-order valence-electron chi connectivity index (χ3n) is 1.53. The molecule has 0 aliphatic rings. The molecule has 0 heterocycles. The van der Waals surface area contributed by atoms with Gasteiger partial charge in [-0.2, -0.15) is 0 Å². The Morgan fingerprint density at radius 3 is 2.83 bits per heavy atom. The molecule has 0 spiro atoms. The maximum atomic E-state index is 12.9. The van der Waals surface area contributed by atoms with Crippen molar-refractivity contribution < 1.29 is 4.39 Å². The summed E-state index contributed by atoms with van der Waals surface area (Å²) in [4.78, 5) is 0. The Morgan fingerprint density at radius 2 is 2.17 bits per heavy atom. The summed E-state index contributed by atoms with van der Waals surface area (Å²) >= 11 is 0. The van der Waals surface area contributed by atoms with Crippen LogP contribution in [0.25, 0.3) is 0 Å². The Hall–Kier alpha value is -1.29. The number of halogens is 1. The monoisotopic (exact) mass is 161 g/mol. The SMILES string of the molecule is CC#C[CH]Cc1ccccc1F. The lowest BCUT2D eigenvalue weighted by Crippen LogP contribution is -1.88. The quantitative estimate of drug-likeness (QED) is 0.585. The van der Waals surface area contributed by atoms with E-state index in [1.54, 1.807) is 25.5 Å². The Morgan fingerprint density at radius 1 is 1.42 bits per heavy atom. The molecule has 1 aromatic carbocycles. The molecule has 0 aliphatic carbocycles. The van der Waals surface area contributed by atoms with E-state index in [0.29, 0.717) is 12.0 Å². The van der Waals surface area contributed by atoms with E-state index in [1.165, 1.54) is 6.07 Å². The van der Waals surface area contributed by atoms with Crippen LogP contribution >= 0.6 is 0 Å². The van der Waals surface area contributed by atoms with Crippen LogP contribution in [0.4, 0.5) is 4.39 Å². The van der Waals surface area contributed by atoms with Gasteiger partial charge in [0.2, 0.25) is 0 Å². The van der Waals surface area contributed by atoms with Crippen molar-refractivity contribution in [2.24, 2.45) is 0 Å². The molecular weight excluding hydrogens is 151 g/mol. The van der Waals surface area contributed by atoms with Crippen LogP contribution in [0.3, 0.4) is 0 Å². The fourth-order valence-electron chi connectivity index (χ4n) is 0.927. The molecule has 12 heavy (non-hydrogen) atoms. The molecule has 0 fully saturated rings. The smallest absolute Gasteiger partial charge is 0.126 e. The number of benzene rings is 1. The van der Waals surface area contributed by atoms with E-state index in [4.69, 9.17) is 0 Å². The molecule has 1 aromatic rings. The van der Waals surface area contributed by atoms with Gasteiger partial charge in [-0.05, 0) is 25.0 Å². The summed E-state index contributed by atoms with van der Waals surface area (Å²) in [5.74, 6) is 5.35. The molecule has 0 saturated heterocycles. The molecule has 0 amide bonds. The topological polar surface area (TPSA) is 0 Å². The third kappa shape index (κ3) is 2.39. The second kappa shape index (κ2) is 4.56. The first-order valence-electron chi connectivity index (χ1n) is 3.82. The molecule has 0 atom stereocenters. The number of hydrogen-bond acceptors (Lipinski definition) is 0. The average Bonchev–Trinajstić information content (AvgIpc) is 2.09. The van der Waals surface area contributed by atoms with Gasteiger partial charge in [0.05, 0.1) is 0 Å². The summed E-state index contributed by atoms with van der Waals surface area (Å²) in [7, 11) is 0. The summed E-state index contributed by atoms with van der Waals surface area (Å²) in [6.07, 6.45) is 2.34. The van der Waals surface area contributed by atoms with E-state index in [1.807, 2.05) is 6.07 Å². The van der Waals surface area contributed by atoms with Gasteiger partial charge in [0, 0.05) is 6.42 Å². The third-order valence-corrected chi connectivity index (χ3v) is 1.53. The molecule has 1 heteroatoms. The van der Waals surface area contributed by atoms with Crippen molar-refractivity contribution in [1.29, 1.82) is 0 Å². The second-order valence-electron chi connectivity index (χ2n) is 2.39. The summed E-state index contributed by atoms with van der Waals surface area (Å²) in [6, 6.07) is 6.74. The standard InChI is InChI=1S/C11H10F/c1-2-3-4-7-10-8-5-6-9-11(10)12/h4-6,8-9H,7H2,1H3. The zero-order valence-electron chi connectivity index (χ0n) is 6.97. The predicted octanol–water partition coefficient (Wildman–Crippen LogP) is 2.60. The lowest BCUT2D eigenvalue weighted by molar-refractivity contribution is 0.614. The Labute approximate surface area is 72.4 Å². The van der Waals surface area contributed by atoms with Gasteiger partial charge in [-0.15, -0.1) is 5.92 Å². The van der Waals surface area contributed by atoms with E-state index in [2.05, 4.69) is 11.8 Å². The predicted molar refractivity (Wildman–Crippen MR) is 47.9 cm³/mol. The first-order chi connectivity index (χ1) is 5.84. The summed E-state index contributed by atoms with van der Waals surface area (Å²) < 4.78 is 12.9. The molecule has 0 unspecified atom stereocenters. The van der Waals surface area contributed by atoms with Gasteiger partial charge in [0.1, 0.15) is 5.82 Å². The molecule has 1 rings (SSSR count). The van der Waals surface area contributed by atoms with Gasteiger partial charge >= 0.3 is 0 Å². The van der Waals surface area contributed by atoms with Crippen LogP contribution in [-0.2, 0) is 6.42 Å². The normalized spacial score (nSPS) is 8.83. The highest BCUT2D eigenvalue weighted by atomic mass is 19.1. The van der Waals surface area contributed by atoms with Gasteiger partial charge in [0.15, 0.2) is 0 Å². The number of rotatable bonds is 2. The lowest BCUT2D eigenvalue weighted by atomic mass is 10.1. The highest BCUT2D eigenvalue weighted by Crippen LogP contribution is 2.07. The van der Waals surface area contributed by atoms with Gasteiger partial charge in [-0.1, -0.05) is 24.1 Å². The minimum Gasteiger partial charge on any atom is -0.207 e. The molecule has 0 bridgehead atoms. The first kappa shape index (κ1) is 8.80. The highest BCUT2D eigenvalue weighted by Gasteiger charge is 1.97. The van der Waals surface area contributed by atoms with Gasteiger partial charge in [-0.3, -0.25) is 0 Å². The Kier molecular flexibility index (Phi) is 3.35. The summed E-state index contributed by atoms with van der Waals surface area (Å²) in [5, 5.41) is 0. The van der Waals surface area contributed by atoms with Crippen molar-refractivity contribution in [3.8, 4) is 11.8 Å². The van der Waals surface area contributed by atoms with Crippen LogP contribution in [0.5, 0.6) is 0 Å². The highest BCUT2D eigenvalue weighted by molar-refractivity contribution is 5.22. The van der Waals surface area contributed by atoms with Crippen LogP contribution < -0.4 is 0 Å². The molecule has 0 saturated carbocycles. The van der Waals surface area contributed by atoms with Crippen LogP contribution in [0.2, 0.25) is 0 Å². The molecule has 0 N–H and O–H groups in total. The average molecular weight is 161 g/mol. The molecule has 1 radical (unpaired) electrons. The van der Waals surface area contributed by atoms with Crippen molar-refractivity contribution in [3.05, 3.63) is 42.1 Å². The molecule has 0 aliphatic heterocycles. The molecule has 0 aromatic heterocycles. The van der Waals surface area contributed by atoms with Crippen molar-refractivity contribution in [2.75, 3.05) is 0 Å². The minimum absolute atomic E-state index is 0.161.